The highest BCUT2D eigenvalue weighted by molar-refractivity contribution is 9.10. The van der Waals surface area contributed by atoms with Crippen LogP contribution in [0.5, 0.6) is 0 Å². The summed E-state index contributed by atoms with van der Waals surface area (Å²) in [6, 6.07) is 5.97. The minimum absolute atomic E-state index is 0.516. The van der Waals surface area contributed by atoms with Gasteiger partial charge in [0.1, 0.15) is 0 Å². The van der Waals surface area contributed by atoms with E-state index in [0.29, 0.717) is 5.88 Å². The molecule has 0 spiro atoms. The summed E-state index contributed by atoms with van der Waals surface area (Å²) >= 11 is 12.6. The molecule has 15 heavy (non-hydrogen) atoms. The SMILES string of the molecule is ClCc1ccc(-n2cc(Br)cn2)c(Br)c1. The van der Waals surface area contributed by atoms with E-state index in [2.05, 4.69) is 37.0 Å². The fourth-order valence-corrected chi connectivity index (χ4v) is 2.31. The molecular weight excluding hydrogens is 343 g/mol. The van der Waals surface area contributed by atoms with E-state index < -0.39 is 0 Å². The zero-order chi connectivity index (χ0) is 10.8. The lowest BCUT2D eigenvalue weighted by Gasteiger charge is -2.05. The van der Waals surface area contributed by atoms with Gasteiger partial charge in [-0.3, -0.25) is 0 Å². The summed E-state index contributed by atoms with van der Waals surface area (Å²) < 4.78 is 3.73. The van der Waals surface area contributed by atoms with E-state index in [1.54, 1.807) is 10.9 Å². The van der Waals surface area contributed by atoms with Crippen molar-refractivity contribution in [2.45, 2.75) is 5.88 Å². The molecule has 0 unspecified atom stereocenters. The number of rotatable bonds is 2. The van der Waals surface area contributed by atoms with E-state index in [9.17, 15) is 0 Å². The summed E-state index contributed by atoms with van der Waals surface area (Å²) in [6.07, 6.45) is 3.66. The predicted molar refractivity (Wildman–Crippen MR) is 68.5 cm³/mol. The Morgan fingerprint density at radius 2 is 2.13 bits per heavy atom. The number of aromatic nitrogens is 2. The van der Waals surface area contributed by atoms with E-state index in [0.717, 1.165) is 20.2 Å². The molecule has 2 aromatic rings. The van der Waals surface area contributed by atoms with Gasteiger partial charge in [-0.05, 0) is 49.6 Å². The van der Waals surface area contributed by atoms with Crippen molar-refractivity contribution in [1.82, 2.24) is 9.78 Å². The summed E-state index contributed by atoms with van der Waals surface area (Å²) in [7, 11) is 0. The number of nitrogens with zero attached hydrogens (tertiary/aromatic N) is 2. The summed E-state index contributed by atoms with van der Waals surface area (Å²) in [5, 5.41) is 4.21. The Balaban J connectivity index is 2.45. The van der Waals surface area contributed by atoms with E-state index in [-0.39, 0.29) is 0 Å². The van der Waals surface area contributed by atoms with Crippen LogP contribution in [0.2, 0.25) is 0 Å². The van der Waals surface area contributed by atoms with E-state index in [1.165, 1.54) is 0 Å². The number of halogens is 3. The lowest BCUT2D eigenvalue weighted by molar-refractivity contribution is 0.875. The molecule has 5 heteroatoms. The molecule has 1 aromatic heterocycles. The first-order valence-corrected chi connectivity index (χ1v) is 6.37. The second-order valence-electron chi connectivity index (χ2n) is 3.02. The number of benzene rings is 1. The Bertz CT molecular complexity index is 482. The van der Waals surface area contributed by atoms with E-state index in [4.69, 9.17) is 11.6 Å². The van der Waals surface area contributed by atoms with Gasteiger partial charge in [0, 0.05) is 16.5 Å². The number of hydrogen-bond donors (Lipinski definition) is 0. The van der Waals surface area contributed by atoms with E-state index in [1.807, 2.05) is 24.4 Å². The molecule has 78 valence electrons. The fraction of sp³-hybridized carbons (Fsp3) is 0.100. The molecule has 0 saturated heterocycles. The Morgan fingerprint density at radius 1 is 1.33 bits per heavy atom. The van der Waals surface area contributed by atoms with Crippen LogP contribution in [0, 0.1) is 0 Å². The number of hydrogen-bond acceptors (Lipinski definition) is 1. The molecular formula is C10H7Br2ClN2. The maximum atomic E-state index is 5.75. The predicted octanol–water partition coefficient (Wildman–Crippen LogP) is 4.14. The van der Waals surface area contributed by atoms with Crippen molar-refractivity contribution in [3.63, 3.8) is 0 Å². The van der Waals surface area contributed by atoms with Crippen molar-refractivity contribution in [2.24, 2.45) is 0 Å². The molecule has 0 atom stereocenters. The maximum Gasteiger partial charge on any atom is 0.0788 e. The molecule has 2 rings (SSSR count). The van der Waals surface area contributed by atoms with Crippen LogP contribution >= 0.6 is 43.5 Å². The molecule has 2 nitrogen and oxygen atoms in total. The second kappa shape index (κ2) is 4.68. The molecule has 0 fully saturated rings. The molecule has 0 amide bonds. The van der Waals surface area contributed by atoms with Crippen LogP contribution < -0.4 is 0 Å². The van der Waals surface area contributed by atoms with Gasteiger partial charge in [-0.2, -0.15) is 5.10 Å². The van der Waals surface area contributed by atoms with Crippen molar-refractivity contribution in [1.29, 1.82) is 0 Å². The van der Waals surface area contributed by atoms with Crippen LogP contribution in [0.25, 0.3) is 5.69 Å². The minimum Gasteiger partial charge on any atom is -0.239 e. The minimum atomic E-state index is 0.516. The van der Waals surface area contributed by atoms with Gasteiger partial charge in [0.2, 0.25) is 0 Å². The molecule has 1 heterocycles. The summed E-state index contributed by atoms with van der Waals surface area (Å²) in [5.74, 6) is 0.516. The summed E-state index contributed by atoms with van der Waals surface area (Å²) in [6.45, 7) is 0. The van der Waals surface area contributed by atoms with Crippen molar-refractivity contribution in [2.75, 3.05) is 0 Å². The molecule has 0 bridgehead atoms. The van der Waals surface area contributed by atoms with Crippen molar-refractivity contribution in [3.8, 4) is 5.69 Å². The Hall–Kier alpha value is -0.320. The second-order valence-corrected chi connectivity index (χ2v) is 5.06. The van der Waals surface area contributed by atoms with Gasteiger partial charge in [0.05, 0.1) is 16.4 Å². The van der Waals surface area contributed by atoms with Crippen molar-refractivity contribution in [3.05, 3.63) is 45.1 Å². The number of alkyl halides is 1. The first kappa shape index (κ1) is 11.2. The van der Waals surface area contributed by atoms with Gasteiger partial charge < -0.3 is 0 Å². The van der Waals surface area contributed by atoms with Crippen LogP contribution in [-0.4, -0.2) is 9.78 Å². The normalized spacial score (nSPS) is 10.6. The molecule has 1 aromatic carbocycles. The third-order valence-corrected chi connectivity index (χ3v) is 3.32. The van der Waals surface area contributed by atoms with Gasteiger partial charge in [-0.1, -0.05) is 6.07 Å². The summed E-state index contributed by atoms with van der Waals surface area (Å²) in [4.78, 5) is 0. The largest absolute Gasteiger partial charge is 0.239 e. The quantitative estimate of drug-likeness (QED) is 0.745. The van der Waals surface area contributed by atoms with Crippen LogP contribution in [-0.2, 0) is 5.88 Å². The van der Waals surface area contributed by atoms with Crippen molar-refractivity contribution >= 4 is 43.5 Å². The third kappa shape index (κ3) is 2.44. The highest BCUT2D eigenvalue weighted by atomic mass is 79.9. The van der Waals surface area contributed by atoms with Crippen LogP contribution in [0.1, 0.15) is 5.56 Å². The Kier molecular flexibility index (Phi) is 3.49. The first-order valence-electron chi connectivity index (χ1n) is 4.25. The van der Waals surface area contributed by atoms with Gasteiger partial charge >= 0.3 is 0 Å². The van der Waals surface area contributed by atoms with Gasteiger partial charge in [-0.25, -0.2) is 4.68 Å². The maximum absolute atomic E-state index is 5.75. The third-order valence-electron chi connectivity index (χ3n) is 1.96. The zero-order valence-corrected chi connectivity index (χ0v) is 11.6. The molecule has 0 aliphatic rings. The average Bonchev–Trinajstić information content (AvgIpc) is 2.64. The van der Waals surface area contributed by atoms with Crippen molar-refractivity contribution < 1.29 is 0 Å². The monoisotopic (exact) mass is 348 g/mol. The molecule has 0 saturated carbocycles. The van der Waals surface area contributed by atoms with Crippen LogP contribution in [0.3, 0.4) is 0 Å². The van der Waals surface area contributed by atoms with Crippen LogP contribution in [0.15, 0.2) is 39.5 Å². The zero-order valence-electron chi connectivity index (χ0n) is 7.62. The van der Waals surface area contributed by atoms with Gasteiger partial charge in [0.25, 0.3) is 0 Å². The van der Waals surface area contributed by atoms with E-state index >= 15 is 0 Å². The van der Waals surface area contributed by atoms with Crippen LogP contribution in [0.4, 0.5) is 0 Å². The summed E-state index contributed by atoms with van der Waals surface area (Å²) in [5.41, 5.74) is 2.08. The molecule has 0 N–H and O–H groups in total. The van der Waals surface area contributed by atoms with Gasteiger partial charge in [0.15, 0.2) is 0 Å². The molecule has 0 aliphatic heterocycles. The topological polar surface area (TPSA) is 17.8 Å². The lowest BCUT2D eigenvalue weighted by atomic mass is 10.2. The Labute approximate surface area is 109 Å². The lowest BCUT2D eigenvalue weighted by Crippen LogP contribution is -1.95. The standard InChI is InChI=1S/C10H7Br2ClN2/c11-8-5-14-15(6-8)10-2-1-7(4-13)3-9(10)12/h1-3,5-6H,4H2. The van der Waals surface area contributed by atoms with Gasteiger partial charge in [-0.15, -0.1) is 11.6 Å². The highest BCUT2D eigenvalue weighted by Crippen LogP contribution is 2.23. The smallest absolute Gasteiger partial charge is 0.0788 e. The molecule has 0 radical (unpaired) electrons. The highest BCUT2D eigenvalue weighted by Gasteiger charge is 2.04. The first-order chi connectivity index (χ1) is 7.20. The fourth-order valence-electron chi connectivity index (χ4n) is 1.25. The average molecular weight is 350 g/mol. The molecule has 0 aliphatic carbocycles. The Morgan fingerprint density at radius 3 is 2.67 bits per heavy atom.